The van der Waals surface area contributed by atoms with Gasteiger partial charge in [-0.25, -0.2) is 9.97 Å². The summed E-state index contributed by atoms with van der Waals surface area (Å²) in [6.07, 6.45) is 10.9. The molecule has 5 rings (SSSR count). The number of hydrogen-bond acceptors (Lipinski definition) is 6. The number of carboxylic acid groups (broad SMARTS) is 2. The Morgan fingerprint density at radius 2 is 1.41 bits per heavy atom. The molecule has 0 saturated heterocycles. The molecule has 0 aromatic carbocycles. The zero-order valence-corrected chi connectivity index (χ0v) is 32.5. The van der Waals surface area contributed by atoms with E-state index in [0.29, 0.717) is 80.7 Å². The van der Waals surface area contributed by atoms with Gasteiger partial charge in [0.25, 0.3) is 0 Å². The number of carbonyl (C=O) groups excluding carboxylic acids is 1. The molecule has 2 aliphatic rings. The second-order valence-electron chi connectivity index (χ2n) is 13.5. The molecule has 10 nitrogen and oxygen atoms in total. The zero-order valence-electron chi connectivity index (χ0n) is 31.3. The summed E-state index contributed by atoms with van der Waals surface area (Å²) in [7, 11) is 0. The van der Waals surface area contributed by atoms with Gasteiger partial charge in [0.2, 0.25) is 0 Å². The number of nitrogens with zero attached hydrogens (tertiary/aromatic N) is 4. The van der Waals surface area contributed by atoms with Crippen LogP contribution in [0, 0.1) is 6.92 Å². The predicted molar refractivity (Wildman–Crippen MR) is 210 cm³/mol. The SMILES string of the molecule is C=Cc1c(C)c2cc3nc(cc4[n-]c(cc5nc(cc1[n-]2)C(C)=C5CCC(=O)O)c(CCC(=O)O)c4C=O)C(C)=C3[C@@H](O)CC/C=C(\C)CC/C=C\C.[Fe+2]. The van der Waals surface area contributed by atoms with E-state index in [2.05, 4.69) is 25.7 Å². The van der Waals surface area contributed by atoms with Crippen molar-refractivity contribution in [2.45, 2.75) is 92.1 Å². The summed E-state index contributed by atoms with van der Waals surface area (Å²) in [5.41, 5.74) is 10.6. The number of carbonyl (C=O) groups is 3. The molecule has 8 bridgehead atoms. The minimum atomic E-state index is -1.02. The summed E-state index contributed by atoms with van der Waals surface area (Å²) in [6.45, 7) is 13.9. The molecule has 0 spiro atoms. The molecule has 0 radical (unpaired) electrons. The first-order valence-corrected chi connectivity index (χ1v) is 17.9. The summed E-state index contributed by atoms with van der Waals surface area (Å²) in [4.78, 5) is 55.7. The van der Waals surface area contributed by atoms with E-state index in [1.807, 2.05) is 45.9 Å². The quantitative estimate of drug-likeness (QED) is 0.0775. The Bertz CT molecular complexity index is 2270. The molecule has 5 heterocycles. The molecule has 0 amide bonds. The molecule has 3 N–H and O–H groups in total. The third kappa shape index (κ3) is 9.16. The number of aromatic nitrogens is 4. The summed E-state index contributed by atoms with van der Waals surface area (Å²) in [5.74, 6) is -1.98. The van der Waals surface area contributed by atoms with Crippen LogP contribution in [0.5, 0.6) is 0 Å². The molecule has 0 saturated carbocycles. The van der Waals surface area contributed by atoms with Gasteiger partial charge in [-0.15, -0.1) is 22.1 Å². The third-order valence-corrected chi connectivity index (χ3v) is 9.95. The van der Waals surface area contributed by atoms with Gasteiger partial charge in [-0.05, 0) is 95.4 Å². The topological polar surface area (TPSA) is 166 Å². The van der Waals surface area contributed by atoms with Crippen LogP contribution in [0.1, 0.15) is 122 Å². The van der Waals surface area contributed by atoms with E-state index in [-0.39, 0.29) is 48.3 Å². The van der Waals surface area contributed by atoms with E-state index < -0.39 is 18.0 Å². The fourth-order valence-corrected chi connectivity index (χ4v) is 6.96. The molecular formula is C43H46FeN4O6. The summed E-state index contributed by atoms with van der Waals surface area (Å²) in [6, 6.07) is 7.11. The van der Waals surface area contributed by atoms with Gasteiger partial charge in [-0.1, -0.05) is 71.8 Å². The van der Waals surface area contributed by atoms with Crippen LogP contribution in [-0.4, -0.2) is 49.6 Å². The van der Waals surface area contributed by atoms with E-state index >= 15 is 0 Å². The normalized spacial score (nSPS) is 13.7. The van der Waals surface area contributed by atoms with Gasteiger partial charge in [0.15, 0.2) is 0 Å². The van der Waals surface area contributed by atoms with Crippen LogP contribution >= 0.6 is 0 Å². The van der Waals surface area contributed by atoms with Gasteiger partial charge in [0.05, 0.1) is 28.9 Å². The van der Waals surface area contributed by atoms with Crippen molar-refractivity contribution in [3.05, 3.63) is 99.7 Å². The minimum absolute atomic E-state index is 0. The standard InChI is InChI=1S/C43H48N4O6.Fe/c1-7-9-10-12-24(3)13-11-14-40(49)43-27(6)34-20-38-31(23-48)30(16-18-42(52)53)37(47-38)22-36-29(15-17-41(50)51)26(5)32(45-36)19-35-28(8-2)25(4)33(44-35)21-39(43)46-34;/h7-9,13,19-23,40,49H,2,10-12,14-18H2,1,3-6H3,(H4,44,45,46,47,48,50,51,52,53);/q;+2/p-2/b9-7-,24-13+,32-19?,33-21?,34-20?,35-19?,36-22?,37-22?,38-20?,39-21?;/t40-;/m0./s1. The number of hydrogen-bond donors (Lipinski definition) is 3. The number of rotatable bonds is 15. The number of aliphatic hydroxyl groups excluding tert-OH is 1. The average molecular weight is 771 g/mol. The molecule has 0 unspecified atom stereocenters. The van der Waals surface area contributed by atoms with E-state index in [4.69, 9.17) is 19.9 Å². The van der Waals surface area contributed by atoms with Crippen molar-refractivity contribution in [1.82, 2.24) is 19.9 Å². The number of fused-ring (bicyclic) bond motifs is 8. The second kappa shape index (κ2) is 18.3. The summed E-state index contributed by atoms with van der Waals surface area (Å²) >= 11 is 0. The van der Waals surface area contributed by atoms with Crippen molar-refractivity contribution >= 4 is 68.7 Å². The van der Waals surface area contributed by atoms with Crippen molar-refractivity contribution < 1.29 is 46.8 Å². The maximum Gasteiger partial charge on any atom is 2.00 e. The van der Waals surface area contributed by atoms with Gasteiger partial charge >= 0.3 is 29.0 Å². The minimum Gasteiger partial charge on any atom is -0.657 e. The Hall–Kier alpha value is -5.09. The van der Waals surface area contributed by atoms with Crippen LogP contribution in [0.15, 0.2) is 54.6 Å². The molecule has 3 aromatic heterocycles. The Morgan fingerprint density at radius 1 is 0.815 bits per heavy atom. The summed E-state index contributed by atoms with van der Waals surface area (Å²) < 4.78 is 0. The van der Waals surface area contributed by atoms with E-state index in [0.717, 1.165) is 35.1 Å². The van der Waals surface area contributed by atoms with Crippen LogP contribution in [0.3, 0.4) is 0 Å². The van der Waals surface area contributed by atoms with E-state index in [1.165, 1.54) is 5.57 Å². The maximum absolute atomic E-state index is 12.7. The Balaban J connectivity index is 0.00000650. The molecule has 3 aromatic rings. The maximum atomic E-state index is 12.7. The number of aliphatic carboxylic acids is 2. The van der Waals surface area contributed by atoms with Crippen LogP contribution in [0.25, 0.3) is 50.4 Å². The first-order valence-electron chi connectivity index (χ1n) is 17.9. The fourth-order valence-electron chi connectivity index (χ4n) is 6.96. The van der Waals surface area contributed by atoms with Gasteiger partial charge in [-0.3, -0.25) is 14.4 Å². The monoisotopic (exact) mass is 770 g/mol. The fraction of sp³-hybridized carbons (Fsp3) is 0.326. The average Bonchev–Trinajstić information content (AvgIpc) is 3.79. The first-order chi connectivity index (χ1) is 25.4. The van der Waals surface area contributed by atoms with Crippen molar-refractivity contribution in [1.29, 1.82) is 0 Å². The third-order valence-electron chi connectivity index (χ3n) is 9.95. The van der Waals surface area contributed by atoms with Crippen LogP contribution in [0.4, 0.5) is 0 Å². The smallest absolute Gasteiger partial charge is 0.657 e. The molecular weight excluding hydrogens is 724 g/mol. The van der Waals surface area contributed by atoms with Crippen molar-refractivity contribution in [2.24, 2.45) is 0 Å². The summed E-state index contributed by atoms with van der Waals surface area (Å²) in [5, 5.41) is 30.8. The van der Waals surface area contributed by atoms with Gasteiger partial charge in [0, 0.05) is 24.0 Å². The van der Waals surface area contributed by atoms with Gasteiger partial charge in [0.1, 0.15) is 6.29 Å². The Morgan fingerprint density at radius 3 is 2.06 bits per heavy atom. The largest absolute Gasteiger partial charge is 2.00 e. The number of allylic oxidation sites excluding steroid dienone is 7. The number of aliphatic hydroxyl groups is 1. The first kappa shape index (κ1) is 41.7. The van der Waals surface area contributed by atoms with Crippen LogP contribution in [-0.2, 0) is 33.1 Å². The molecule has 1 atom stereocenters. The second-order valence-corrected chi connectivity index (χ2v) is 13.5. The molecule has 282 valence electrons. The molecule has 0 aliphatic carbocycles. The van der Waals surface area contributed by atoms with Gasteiger partial charge in [-0.2, -0.15) is 0 Å². The predicted octanol–water partition coefficient (Wildman–Crippen LogP) is 8.52. The molecule has 2 aliphatic heterocycles. The van der Waals surface area contributed by atoms with Gasteiger partial charge < -0.3 is 25.3 Å². The molecule has 0 fully saturated rings. The molecule has 54 heavy (non-hydrogen) atoms. The van der Waals surface area contributed by atoms with Crippen molar-refractivity contribution in [3.8, 4) is 0 Å². The van der Waals surface area contributed by atoms with Crippen LogP contribution < -0.4 is 9.97 Å². The van der Waals surface area contributed by atoms with Crippen molar-refractivity contribution in [2.75, 3.05) is 0 Å². The van der Waals surface area contributed by atoms with E-state index in [9.17, 15) is 29.7 Å². The number of aryl methyl sites for hydroxylation is 2. The zero-order chi connectivity index (χ0) is 38.4. The Kier molecular flexibility index (Phi) is 14.1. The van der Waals surface area contributed by atoms with Crippen LogP contribution in [0.2, 0.25) is 0 Å². The Labute approximate surface area is 326 Å². The van der Waals surface area contributed by atoms with E-state index in [1.54, 1.807) is 18.2 Å². The number of carboxylic acids is 2. The molecule has 11 heteroatoms. The van der Waals surface area contributed by atoms with Crippen molar-refractivity contribution in [3.63, 3.8) is 0 Å². The number of aldehydes is 1.